The van der Waals surface area contributed by atoms with E-state index < -0.39 is 0 Å². The molecule has 0 unspecified atom stereocenters. The van der Waals surface area contributed by atoms with Crippen LogP contribution in [0.25, 0.3) is 0 Å². The molecule has 17 heavy (non-hydrogen) atoms. The average molecular weight is 254 g/mol. The second-order valence-corrected chi connectivity index (χ2v) is 6.87. The van der Waals surface area contributed by atoms with Gasteiger partial charge in [-0.25, -0.2) is 4.98 Å². The Kier molecular flexibility index (Phi) is 3.85. The van der Waals surface area contributed by atoms with E-state index in [1.807, 2.05) is 0 Å². The predicted molar refractivity (Wildman–Crippen MR) is 71.3 cm³/mol. The van der Waals surface area contributed by atoms with Crippen molar-refractivity contribution in [2.24, 2.45) is 5.92 Å². The van der Waals surface area contributed by atoms with Crippen molar-refractivity contribution in [2.75, 3.05) is 6.54 Å². The van der Waals surface area contributed by atoms with Crippen molar-refractivity contribution in [3.8, 4) is 0 Å². The van der Waals surface area contributed by atoms with Crippen molar-refractivity contribution >= 4 is 11.3 Å². The van der Waals surface area contributed by atoms with E-state index in [9.17, 15) is 5.11 Å². The van der Waals surface area contributed by atoms with E-state index in [1.165, 1.54) is 5.01 Å². The van der Waals surface area contributed by atoms with Crippen LogP contribution in [0.15, 0.2) is 5.38 Å². The minimum atomic E-state index is -0.0476. The smallest absolute Gasteiger partial charge is 0.0982 e. The van der Waals surface area contributed by atoms with E-state index >= 15 is 0 Å². The molecule has 1 aliphatic carbocycles. The highest BCUT2D eigenvalue weighted by molar-refractivity contribution is 7.09. The highest BCUT2D eigenvalue weighted by atomic mass is 32.1. The Morgan fingerprint density at radius 1 is 1.47 bits per heavy atom. The van der Waals surface area contributed by atoms with Gasteiger partial charge in [-0.15, -0.1) is 11.3 Å². The third-order valence-electron chi connectivity index (χ3n) is 3.14. The Bertz CT molecular complexity index is 364. The number of aliphatic hydroxyl groups excluding tert-OH is 1. The van der Waals surface area contributed by atoms with Crippen molar-refractivity contribution in [3.63, 3.8) is 0 Å². The third-order valence-corrected chi connectivity index (χ3v) is 4.46. The van der Waals surface area contributed by atoms with E-state index in [2.05, 4.69) is 36.5 Å². The van der Waals surface area contributed by atoms with Crippen LogP contribution in [0.4, 0.5) is 0 Å². The van der Waals surface area contributed by atoms with Crippen molar-refractivity contribution in [3.05, 3.63) is 16.1 Å². The quantitative estimate of drug-likeness (QED) is 0.866. The summed E-state index contributed by atoms with van der Waals surface area (Å²) >= 11 is 1.74. The molecule has 0 aromatic carbocycles. The summed E-state index contributed by atoms with van der Waals surface area (Å²) in [5.41, 5.74) is 1.29. The molecule has 1 heterocycles. The van der Waals surface area contributed by atoms with Crippen LogP contribution < -0.4 is 5.32 Å². The van der Waals surface area contributed by atoms with Crippen LogP contribution in [-0.2, 0) is 12.0 Å². The monoisotopic (exact) mass is 254 g/mol. The Labute approximate surface area is 107 Å². The van der Waals surface area contributed by atoms with Crippen molar-refractivity contribution in [2.45, 2.75) is 51.7 Å². The zero-order valence-corrected chi connectivity index (χ0v) is 11.7. The summed E-state index contributed by atoms with van der Waals surface area (Å²) in [6.07, 6.45) is 1.86. The van der Waals surface area contributed by atoms with Gasteiger partial charge in [-0.3, -0.25) is 0 Å². The number of nitrogens with zero attached hydrogens (tertiary/aromatic N) is 1. The van der Waals surface area contributed by atoms with Crippen LogP contribution in [0.3, 0.4) is 0 Å². The summed E-state index contributed by atoms with van der Waals surface area (Å²) < 4.78 is 0. The molecule has 1 aliphatic rings. The first-order valence-corrected chi connectivity index (χ1v) is 7.17. The minimum Gasteiger partial charge on any atom is -0.393 e. The maximum absolute atomic E-state index is 9.19. The number of hydrogen-bond donors (Lipinski definition) is 2. The Balaban J connectivity index is 1.74. The lowest BCUT2D eigenvalue weighted by molar-refractivity contribution is 0.0429. The molecule has 0 spiro atoms. The molecule has 0 aliphatic heterocycles. The minimum absolute atomic E-state index is 0.0476. The normalized spacial score (nSPS) is 24.7. The van der Waals surface area contributed by atoms with Gasteiger partial charge in [-0.2, -0.15) is 0 Å². The third kappa shape index (κ3) is 3.50. The Morgan fingerprint density at radius 2 is 2.18 bits per heavy atom. The molecular formula is C13H22N2OS. The van der Waals surface area contributed by atoms with E-state index in [4.69, 9.17) is 0 Å². The number of nitrogens with one attached hydrogen (secondary N) is 1. The molecule has 2 N–H and O–H groups in total. The van der Waals surface area contributed by atoms with Crippen LogP contribution >= 0.6 is 11.3 Å². The molecule has 0 radical (unpaired) electrons. The van der Waals surface area contributed by atoms with E-state index in [0.717, 1.165) is 31.6 Å². The fraction of sp³-hybridized carbons (Fsp3) is 0.769. The topological polar surface area (TPSA) is 45.2 Å². The van der Waals surface area contributed by atoms with Crippen molar-refractivity contribution < 1.29 is 5.11 Å². The van der Waals surface area contributed by atoms with Gasteiger partial charge in [0, 0.05) is 17.3 Å². The van der Waals surface area contributed by atoms with Gasteiger partial charge in [0.2, 0.25) is 0 Å². The highest BCUT2D eigenvalue weighted by Gasteiger charge is 2.26. The largest absolute Gasteiger partial charge is 0.393 e. The zero-order valence-electron chi connectivity index (χ0n) is 10.9. The predicted octanol–water partition coefficient (Wildman–Crippen LogP) is 2.30. The average Bonchev–Trinajstić information content (AvgIpc) is 2.63. The standard InChI is InChI=1S/C13H22N2OS/c1-13(2,3)12-15-10(8-17-12)7-14-6-9-4-11(16)5-9/h8-9,11,14,16H,4-7H2,1-3H3. The molecule has 1 fully saturated rings. The van der Waals surface area contributed by atoms with Gasteiger partial charge in [0.15, 0.2) is 0 Å². The fourth-order valence-corrected chi connectivity index (χ4v) is 2.91. The molecule has 96 valence electrons. The SMILES string of the molecule is CC(C)(C)c1nc(CNCC2CC(O)C2)cs1. The summed E-state index contributed by atoms with van der Waals surface area (Å²) in [5.74, 6) is 0.658. The Morgan fingerprint density at radius 3 is 2.71 bits per heavy atom. The van der Waals surface area contributed by atoms with Crippen LogP contribution in [0.1, 0.15) is 44.3 Å². The molecule has 1 saturated carbocycles. The number of aromatic nitrogens is 1. The second-order valence-electron chi connectivity index (χ2n) is 6.02. The number of hydrogen-bond acceptors (Lipinski definition) is 4. The molecule has 0 amide bonds. The molecule has 1 aromatic heterocycles. The summed E-state index contributed by atoms with van der Waals surface area (Å²) in [4.78, 5) is 4.64. The van der Waals surface area contributed by atoms with Crippen LogP contribution in [0, 0.1) is 5.92 Å². The second kappa shape index (κ2) is 5.04. The maximum atomic E-state index is 9.19. The van der Waals surface area contributed by atoms with Crippen LogP contribution in [0.5, 0.6) is 0 Å². The van der Waals surface area contributed by atoms with E-state index in [0.29, 0.717) is 5.92 Å². The first kappa shape index (κ1) is 13.0. The van der Waals surface area contributed by atoms with E-state index in [1.54, 1.807) is 11.3 Å². The lowest BCUT2D eigenvalue weighted by Gasteiger charge is -2.31. The summed E-state index contributed by atoms with van der Waals surface area (Å²) in [6, 6.07) is 0. The lowest BCUT2D eigenvalue weighted by Crippen LogP contribution is -2.35. The molecule has 4 heteroatoms. The Hall–Kier alpha value is -0.450. The van der Waals surface area contributed by atoms with Gasteiger partial charge in [-0.1, -0.05) is 20.8 Å². The number of thiazole rings is 1. The number of aliphatic hydroxyl groups is 1. The first-order chi connectivity index (χ1) is 7.95. The molecule has 2 rings (SSSR count). The zero-order chi connectivity index (χ0) is 12.5. The highest BCUT2D eigenvalue weighted by Crippen LogP contribution is 2.27. The van der Waals surface area contributed by atoms with Crippen molar-refractivity contribution in [1.29, 1.82) is 0 Å². The number of rotatable bonds is 4. The molecule has 0 saturated heterocycles. The van der Waals surface area contributed by atoms with E-state index in [-0.39, 0.29) is 11.5 Å². The summed E-state index contributed by atoms with van der Waals surface area (Å²) in [5, 5.41) is 16.0. The van der Waals surface area contributed by atoms with Crippen molar-refractivity contribution in [1.82, 2.24) is 10.3 Å². The van der Waals surface area contributed by atoms with Crippen LogP contribution in [0.2, 0.25) is 0 Å². The first-order valence-electron chi connectivity index (χ1n) is 6.29. The van der Waals surface area contributed by atoms with Gasteiger partial charge in [0.25, 0.3) is 0 Å². The molecule has 3 nitrogen and oxygen atoms in total. The molecule has 1 aromatic rings. The fourth-order valence-electron chi connectivity index (χ4n) is 2.00. The van der Waals surface area contributed by atoms with Crippen LogP contribution in [-0.4, -0.2) is 22.7 Å². The lowest BCUT2D eigenvalue weighted by atomic mass is 9.82. The summed E-state index contributed by atoms with van der Waals surface area (Å²) in [7, 11) is 0. The maximum Gasteiger partial charge on any atom is 0.0982 e. The van der Waals surface area contributed by atoms with Gasteiger partial charge < -0.3 is 10.4 Å². The van der Waals surface area contributed by atoms with Gasteiger partial charge in [0.05, 0.1) is 16.8 Å². The molecule has 0 atom stereocenters. The van der Waals surface area contributed by atoms with Gasteiger partial charge in [0.1, 0.15) is 0 Å². The summed E-state index contributed by atoms with van der Waals surface area (Å²) in [6.45, 7) is 8.43. The van der Waals surface area contributed by atoms with Gasteiger partial charge >= 0.3 is 0 Å². The molecular weight excluding hydrogens is 232 g/mol. The molecule has 0 bridgehead atoms. The van der Waals surface area contributed by atoms with Gasteiger partial charge in [-0.05, 0) is 25.3 Å².